The molecule has 0 saturated heterocycles. The van der Waals surface area contributed by atoms with Gasteiger partial charge in [-0.1, -0.05) is 12.1 Å². The molecule has 0 fully saturated rings. The largest absolute Gasteiger partial charge is 0.496 e. The molecule has 0 aliphatic heterocycles. The fourth-order valence-electron chi connectivity index (χ4n) is 1.84. The zero-order valence-electron chi connectivity index (χ0n) is 9.62. The molecule has 0 amide bonds. The zero-order chi connectivity index (χ0) is 12.5. The highest BCUT2D eigenvalue weighted by molar-refractivity contribution is 5.70. The normalized spacial score (nSPS) is 10.7. The van der Waals surface area contributed by atoms with Gasteiger partial charge in [0.15, 0.2) is 0 Å². The molecule has 0 aliphatic carbocycles. The second-order valence-corrected chi connectivity index (χ2v) is 3.75. The van der Waals surface area contributed by atoms with E-state index in [0.29, 0.717) is 17.0 Å². The summed E-state index contributed by atoms with van der Waals surface area (Å²) in [4.78, 5) is 11.6. The number of rotatable bonds is 2. The van der Waals surface area contributed by atoms with E-state index in [4.69, 9.17) is 4.74 Å². The van der Waals surface area contributed by atoms with Gasteiger partial charge in [0.2, 0.25) is 0 Å². The highest BCUT2D eigenvalue weighted by Crippen LogP contribution is 2.28. The zero-order valence-corrected chi connectivity index (χ0v) is 9.62. The molecule has 0 atom stereocenters. The Morgan fingerprint density at radius 2 is 2.17 bits per heavy atom. The van der Waals surface area contributed by atoms with Gasteiger partial charge in [-0.15, -0.1) is 0 Å². The van der Waals surface area contributed by atoms with Crippen molar-refractivity contribution < 1.29 is 4.74 Å². The molecule has 0 spiro atoms. The third-order valence-corrected chi connectivity index (χ3v) is 2.68. The molecule has 3 rings (SSSR count). The van der Waals surface area contributed by atoms with E-state index in [9.17, 15) is 4.79 Å². The average Bonchev–Trinajstić information content (AvgIpc) is 2.84. The van der Waals surface area contributed by atoms with Crippen molar-refractivity contribution in [1.82, 2.24) is 19.8 Å². The van der Waals surface area contributed by atoms with Gasteiger partial charge in [0.05, 0.1) is 12.8 Å². The summed E-state index contributed by atoms with van der Waals surface area (Å²) in [5, 5.41) is 10.4. The van der Waals surface area contributed by atoms with Crippen molar-refractivity contribution in [2.75, 3.05) is 7.11 Å². The molecule has 6 nitrogen and oxygen atoms in total. The van der Waals surface area contributed by atoms with Crippen LogP contribution in [0.2, 0.25) is 0 Å². The second kappa shape index (κ2) is 3.99. The van der Waals surface area contributed by atoms with Crippen molar-refractivity contribution >= 4 is 5.52 Å². The van der Waals surface area contributed by atoms with Crippen molar-refractivity contribution in [1.29, 1.82) is 0 Å². The number of H-pyrrole nitrogens is 1. The summed E-state index contributed by atoms with van der Waals surface area (Å²) >= 11 is 0. The number of hydrogen-bond acceptors (Lipinski definition) is 4. The summed E-state index contributed by atoms with van der Waals surface area (Å²) in [6.07, 6.45) is 1.45. The van der Waals surface area contributed by atoms with Gasteiger partial charge >= 0.3 is 0 Å². The minimum atomic E-state index is -0.272. The van der Waals surface area contributed by atoms with Gasteiger partial charge < -0.3 is 4.74 Å². The van der Waals surface area contributed by atoms with E-state index in [-0.39, 0.29) is 5.56 Å². The van der Waals surface area contributed by atoms with Crippen LogP contribution in [0.3, 0.4) is 0 Å². The molecule has 0 aliphatic rings. The van der Waals surface area contributed by atoms with Crippen LogP contribution in [-0.4, -0.2) is 26.9 Å². The van der Waals surface area contributed by atoms with Crippen molar-refractivity contribution in [3.8, 4) is 17.0 Å². The molecule has 2 aromatic heterocycles. The van der Waals surface area contributed by atoms with Crippen LogP contribution in [0.4, 0.5) is 0 Å². The van der Waals surface area contributed by atoms with Crippen LogP contribution in [0.15, 0.2) is 41.5 Å². The predicted octanol–water partition coefficient (Wildman–Crippen LogP) is 1.09. The van der Waals surface area contributed by atoms with Gasteiger partial charge in [0.25, 0.3) is 5.56 Å². The highest BCUT2D eigenvalue weighted by Gasteiger charge is 2.10. The van der Waals surface area contributed by atoms with Crippen molar-refractivity contribution in [3.05, 3.63) is 47.0 Å². The van der Waals surface area contributed by atoms with Crippen LogP contribution in [0, 0.1) is 0 Å². The lowest BCUT2D eigenvalue weighted by Gasteiger charge is -2.04. The monoisotopic (exact) mass is 242 g/mol. The molecule has 0 unspecified atom stereocenters. The summed E-state index contributed by atoms with van der Waals surface area (Å²) in [7, 11) is 1.60. The quantitative estimate of drug-likeness (QED) is 0.730. The summed E-state index contributed by atoms with van der Waals surface area (Å²) in [5.74, 6) is 0.713. The first kappa shape index (κ1) is 10.5. The first-order chi connectivity index (χ1) is 8.79. The van der Waals surface area contributed by atoms with E-state index < -0.39 is 0 Å². The van der Waals surface area contributed by atoms with Crippen molar-refractivity contribution in [3.63, 3.8) is 0 Å². The summed E-state index contributed by atoms with van der Waals surface area (Å²) in [6, 6.07) is 9.22. The molecule has 0 bridgehead atoms. The van der Waals surface area contributed by atoms with Gasteiger partial charge in [-0.2, -0.15) is 10.2 Å². The third kappa shape index (κ3) is 1.55. The molecular weight excluding hydrogens is 232 g/mol. The van der Waals surface area contributed by atoms with E-state index >= 15 is 0 Å². The first-order valence-corrected chi connectivity index (χ1v) is 5.36. The number of nitrogens with one attached hydrogen (secondary N) is 1. The number of ether oxygens (including phenoxy) is 1. The molecule has 90 valence electrons. The Labute approximate surface area is 102 Å². The summed E-state index contributed by atoms with van der Waals surface area (Å²) < 4.78 is 6.72. The van der Waals surface area contributed by atoms with Crippen LogP contribution >= 0.6 is 0 Å². The predicted molar refractivity (Wildman–Crippen MR) is 65.6 cm³/mol. The van der Waals surface area contributed by atoms with Crippen LogP contribution in [-0.2, 0) is 0 Å². The van der Waals surface area contributed by atoms with Gasteiger partial charge in [0, 0.05) is 5.56 Å². The number of fused-ring (bicyclic) bond motifs is 1. The van der Waals surface area contributed by atoms with Gasteiger partial charge in [0.1, 0.15) is 17.6 Å². The third-order valence-electron chi connectivity index (χ3n) is 2.68. The maximum Gasteiger partial charge on any atom is 0.290 e. The number of benzene rings is 1. The fraction of sp³-hybridized carbons (Fsp3) is 0.0833. The Morgan fingerprint density at radius 1 is 1.33 bits per heavy atom. The van der Waals surface area contributed by atoms with E-state index in [1.807, 2.05) is 24.3 Å². The van der Waals surface area contributed by atoms with Crippen LogP contribution in [0.25, 0.3) is 16.8 Å². The number of hydrogen-bond donors (Lipinski definition) is 1. The molecule has 6 heteroatoms. The van der Waals surface area contributed by atoms with Crippen LogP contribution < -0.4 is 10.3 Å². The molecule has 18 heavy (non-hydrogen) atoms. The molecule has 1 aromatic carbocycles. The fourth-order valence-corrected chi connectivity index (χ4v) is 1.84. The molecule has 0 saturated carbocycles. The highest BCUT2D eigenvalue weighted by atomic mass is 16.5. The SMILES string of the molecule is COc1ccccc1-c1cc2c(=O)[nH]ncn2n1. The Hall–Kier alpha value is -2.63. The number of nitrogens with zero attached hydrogens (tertiary/aromatic N) is 3. The van der Waals surface area contributed by atoms with E-state index in [1.165, 1.54) is 10.8 Å². The maximum absolute atomic E-state index is 11.6. The van der Waals surface area contributed by atoms with Gasteiger partial charge in [-0.25, -0.2) is 9.61 Å². The summed E-state index contributed by atoms with van der Waals surface area (Å²) in [6.45, 7) is 0. The Morgan fingerprint density at radius 3 is 2.94 bits per heavy atom. The van der Waals surface area contributed by atoms with E-state index in [2.05, 4.69) is 15.3 Å². The number of methoxy groups -OCH3 is 1. The molecule has 3 aromatic rings. The minimum Gasteiger partial charge on any atom is -0.496 e. The molecule has 1 N–H and O–H groups in total. The lowest BCUT2D eigenvalue weighted by atomic mass is 10.1. The molecule has 0 radical (unpaired) electrons. The number of aromatic amines is 1. The van der Waals surface area contributed by atoms with Crippen molar-refractivity contribution in [2.24, 2.45) is 0 Å². The Kier molecular flexibility index (Phi) is 2.33. The second-order valence-electron chi connectivity index (χ2n) is 3.75. The maximum atomic E-state index is 11.6. The van der Waals surface area contributed by atoms with Gasteiger partial charge in [-0.3, -0.25) is 4.79 Å². The van der Waals surface area contributed by atoms with Gasteiger partial charge in [-0.05, 0) is 18.2 Å². The summed E-state index contributed by atoms with van der Waals surface area (Å²) in [5.41, 5.74) is 1.69. The number of para-hydroxylation sites is 1. The topological polar surface area (TPSA) is 72.3 Å². The lowest BCUT2D eigenvalue weighted by molar-refractivity contribution is 0.416. The first-order valence-electron chi connectivity index (χ1n) is 5.36. The van der Waals surface area contributed by atoms with Crippen LogP contribution in [0.5, 0.6) is 5.75 Å². The Bertz CT molecular complexity index is 760. The smallest absolute Gasteiger partial charge is 0.290 e. The van der Waals surface area contributed by atoms with E-state index in [0.717, 1.165) is 5.56 Å². The average molecular weight is 242 g/mol. The molecular formula is C12H10N4O2. The number of aromatic nitrogens is 4. The van der Waals surface area contributed by atoms with E-state index in [1.54, 1.807) is 13.2 Å². The standard InChI is InChI=1S/C12H10N4O2/c1-18-11-5-3-2-4-8(11)9-6-10-12(17)14-13-7-16(10)15-9/h2-7H,1H3,(H,14,17). The van der Waals surface area contributed by atoms with Crippen LogP contribution in [0.1, 0.15) is 0 Å². The van der Waals surface area contributed by atoms with Crippen molar-refractivity contribution in [2.45, 2.75) is 0 Å². The minimum absolute atomic E-state index is 0.272. The lowest BCUT2D eigenvalue weighted by Crippen LogP contribution is -2.10. The Balaban J connectivity index is 2.26. The molecule has 2 heterocycles.